The molecule has 0 aliphatic carbocycles. The van der Waals surface area contributed by atoms with E-state index in [1.807, 2.05) is 24.3 Å². The van der Waals surface area contributed by atoms with E-state index in [4.69, 9.17) is 23.6 Å². The first-order valence-corrected chi connectivity index (χ1v) is 19.0. The number of phosphoric ester groups is 1. The van der Waals surface area contributed by atoms with Crippen LogP contribution in [0.1, 0.15) is 89.8 Å². The minimum atomic E-state index is -4.66. The number of esters is 1. The third-order valence-corrected chi connectivity index (χ3v) is 8.45. The molecule has 4 atom stereocenters. The first kappa shape index (κ1) is 44.9. The predicted molar refractivity (Wildman–Crippen MR) is 196 cm³/mol. The van der Waals surface area contributed by atoms with Crippen LogP contribution in [0.2, 0.25) is 0 Å². The number of nitrogens with one attached hydrogen (secondary N) is 3. The number of ether oxygens (including phenoxy) is 2. The lowest BCUT2D eigenvalue weighted by molar-refractivity contribution is -0.158. The summed E-state index contributed by atoms with van der Waals surface area (Å²) in [6, 6.07) is 13.9. The highest BCUT2D eigenvalue weighted by Gasteiger charge is 2.31. The maximum atomic E-state index is 13.3. The number of amides is 3. The van der Waals surface area contributed by atoms with Crippen LogP contribution >= 0.6 is 7.82 Å². The summed E-state index contributed by atoms with van der Waals surface area (Å²) in [6.07, 6.45) is -0.446. The molecule has 2 aromatic carbocycles. The van der Waals surface area contributed by atoms with Crippen LogP contribution in [-0.2, 0) is 55.3 Å². The van der Waals surface area contributed by atoms with Gasteiger partial charge in [-0.1, -0.05) is 68.4 Å². The summed E-state index contributed by atoms with van der Waals surface area (Å²) in [5.41, 5.74) is 1.64. The molecule has 16 heteroatoms. The van der Waals surface area contributed by atoms with Crippen molar-refractivity contribution >= 4 is 37.7 Å². The minimum absolute atomic E-state index is 0.0949. The van der Waals surface area contributed by atoms with Crippen molar-refractivity contribution in [1.29, 1.82) is 0 Å². The molecule has 0 radical (unpaired) electrons. The molecule has 5 N–H and O–H groups in total. The molecule has 0 spiro atoms. The molecule has 1 unspecified atom stereocenters. The van der Waals surface area contributed by atoms with Crippen LogP contribution in [0.25, 0.3) is 0 Å². The standard InChI is InChI=1S/C37H54N3O12P/c1-25(2)20-27-15-17-29(18-16-27)26(3)34(44)38-22-30(24-51-53(47,48)50-19-11-10-14-33(42)43)39-32(41)21-31(35(45)52-37(4,5)6)40-36(46)49-23-28-12-8-7-9-13-28/h7-9,12-13,15-18,25-26,30-31H,10-11,14,19-24H2,1-6H3,(H,38,44)(H,39,41)(H,40,46)(H,42,43)(H,47,48)/t26-,30+,31+/m0/s1. The van der Waals surface area contributed by atoms with Gasteiger partial charge in [-0.3, -0.25) is 23.4 Å². The number of carboxylic acids is 1. The van der Waals surface area contributed by atoms with Crippen molar-refractivity contribution in [2.24, 2.45) is 5.92 Å². The zero-order chi connectivity index (χ0) is 39.6. The normalized spacial score (nSPS) is 14.3. The Morgan fingerprint density at radius 1 is 0.868 bits per heavy atom. The Kier molecular flexibility index (Phi) is 18.7. The SMILES string of the molecule is CC(C)Cc1ccc([C@H](C)C(=O)NC[C@H](COP(=O)(O)OCCCCC(=O)O)NC(=O)C[C@@H](NC(=O)OCc2ccccc2)C(=O)OC(C)(C)C)cc1. The van der Waals surface area contributed by atoms with E-state index in [-0.39, 0.29) is 39.0 Å². The number of unbranched alkanes of at least 4 members (excludes halogenated alkanes) is 1. The lowest BCUT2D eigenvalue weighted by atomic mass is 9.96. The molecule has 0 bridgehead atoms. The fourth-order valence-corrected chi connectivity index (χ4v) is 5.62. The third-order valence-electron chi connectivity index (χ3n) is 7.47. The highest BCUT2D eigenvalue weighted by atomic mass is 31.2. The molecule has 0 saturated carbocycles. The van der Waals surface area contributed by atoms with Crippen LogP contribution < -0.4 is 16.0 Å². The lowest BCUT2D eigenvalue weighted by Crippen LogP contribution is -2.51. The molecule has 294 valence electrons. The Hall–Kier alpha value is -4.30. The Morgan fingerprint density at radius 2 is 1.53 bits per heavy atom. The summed E-state index contributed by atoms with van der Waals surface area (Å²) in [4.78, 5) is 73.2. The number of alkyl carbamates (subject to hydrolysis) is 1. The Labute approximate surface area is 311 Å². The molecule has 2 aromatic rings. The van der Waals surface area contributed by atoms with Crippen molar-refractivity contribution in [1.82, 2.24) is 16.0 Å². The van der Waals surface area contributed by atoms with Gasteiger partial charge in [-0.25, -0.2) is 14.2 Å². The third kappa shape index (κ3) is 19.4. The Balaban J connectivity index is 2.15. The monoisotopic (exact) mass is 763 g/mol. The molecule has 15 nitrogen and oxygen atoms in total. The summed E-state index contributed by atoms with van der Waals surface area (Å²) in [6.45, 7) is 9.60. The van der Waals surface area contributed by atoms with E-state index in [1.54, 1.807) is 58.0 Å². The molecular weight excluding hydrogens is 709 g/mol. The van der Waals surface area contributed by atoms with Crippen molar-refractivity contribution in [2.75, 3.05) is 19.8 Å². The smallest absolute Gasteiger partial charge is 0.472 e. The fraction of sp³-hybridized carbons (Fsp3) is 0.541. The van der Waals surface area contributed by atoms with E-state index in [9.17, 15) is 33.4 Å². The molecule has 0 fully saturated rings. The van der Waals surface area contributed by atoms with Crippen LogP contribution in [-0.4, -0.2) is 77.3 Å². The number of hydrogen-bond donors (Lipinski definition) is 5. The zero-order valence-corrected chi connectivity index (χ0v) is 32.2. The molecule has 53 heavy (non-hydrogen) atoms. The first-order chi connectivity index (χ1) is 24.8. The van der Waals surface area contributed by atoms with Crippen LogP contribution in [0, 0.1) is 5.92 Å². The molecule has 0 aromatic heterocycles. The van der Waals surface area contributed by atoms with E-state index >= 15 is 0 Å². The van der Waals surface area contributed by atoms with Gasteiger partial charge in [0, 0.05) is 13.0 Å². The van der Waals surface area contributed by atoms with Crippen molar-refractivity contribution in [2.45, 2.75) is 104 Å². The fourth-order valence-electron chi connectivity index (χ4n) is 4.82. The molecule has 0 aliphatic heterocycles. The van der Waals surface area contributed by atoms with Gasteiger partial charge < -0.3 is 35.4 Å². The highest BCUT2D eigenvalue weighted by molar-refractivity contribution is 7.47. The van der Waals surface area contributed by atoms with Gasteiger partial charge >= 0.3 is 25.9 Å². The molecule has 0 heterocycles. The topological polar surface area (TPSA) is 216 Å². The van der Waals surface area contributed by atoms with Crippen molar-refractivity contribution < 1.29 is 57.1 Å². The number of rotatable bonds is 22. The van der Waals surface area contributed by atoms with Crippen LogP contribution in [0.5, 0.6) is 0 Å². The average Bonchev–Trinajstić information content (AvgIpc) is 3.07. The average molecular weight is 764 g/mol. The van der Waals surface area contributed by atoms with Crippen molar-refractivity contribution in [3.63, 3.8) is 0 Å². The molecular formula is C37H54N3O12P. The van der Waals surface area contributed by atoms with E-state index in [1.165, 1.54) is 0 Å². The van der Waals surface area contributed by atoms with Gasteiger partial charge in [-0.2, -0.15) is 0 Å². The summed E-state index contributed by atoms with van der Waals surface area (Å²) in [5.74, 6) is -3.22. The number of hydrogen-bond acceptors (Lipinski definition) is 10. The van der Waals surface area contributed by atoms with Gasteiger partial charge in [-0.15, -0.1) is 0 Å². The summed E-state index contributed by atoms with van der Waals surface area (Å²) in [5, 5.41) is 16.5. The number of aliphatic carboxylic acids is 1. The van der Waals surface area contributed by atoms with E-state index in [2.05, 4.69) is 29.8 Å². The maximum absolute atomic E-state index is 13.3. The minimum Gasteiger partial charge on any atom is -0.481 e. The summed E-state index contributed by atoms with van der Waals surface area (Å²) < 4.78 is 33.3. The van der Waals surface area contributed by atoms with Gasteiger partial charge in [0.1, 0.15) is 18.2 Å². The van der Waals surface area contributed by atoms with Gasteiger partial charge in [-0.05, 0) is 69.6 Å². The molecule has 0 saturated heterocycles. The molecule has 3 amide bonds. The van der Waals surface area contributed by atoms with Gasteiger partial charge in [0.25, 0.3) is 0 Å². The number of benzene rings is 2. The number of carbonyl (C=O) groups excluding carboxylic acids is 4. The number of carbonyl (C=O) groups is 5. The van der Waals surface area contributed by atoms with Crippen molar-refractivity contribution in [3.05, 3.63) is 71.3 Å². The quantitative estimate of drug-likeness (QED) is 0.0608. The predicted octanol–water partition coefficient (Wildman–Crippen LogP) is 5.00. The zero-order valence-electron chi connectivity index (χ0n) is 31.3. The number of phosphoric acid groups is 1. The summed E-state index contributed by atoms with van der Waals surface area (Å²) in [7, 11) is -4.66. The molecule has 2 rings (SSSR count). The Morgan fingerprint density at radius 3 is 2.13 bits per heavy atom. The van der Waals surface area contributed by atoms with Crippen LogP contribution in [0.15, 0.2) is 54.6 Å². The second-order valence-electron chi connectivity index (χ2n) is 14.0. The van der Waals surface area contributed by atoms with E-state index < -0.39 is 74.3 Å². The van der Waals surface area contributed by atoms with Gasteiger partial charge in [0.2, 0.25) is 11.8 Å². The summed E-state index contributed by atoms with van der Waals surface area (Å²) >= 11 is 0. The second-order valence-corrected chi connectivity index (χ2v) is 15.5. The lowest BCUT2D eigenvalue weighted by Gasteiger charge is -2.25. The van der Waals surface area contributed by atoms with Crippen molar-refractivity contribution in [3.8, 4) is 0 Å². The van der Waals surface area contributed by atoms with Gasteiger partial charge in [0.05, 0.1) is 31.6 Å². The van der Waals surface area contributed by atoms with Crippen LogP contribution in [0.4, 0.5) is 4.79 Å². The van der Waals surface area contributed by atoms with Gasteiger partial charge in [0.15, 0.2) is 0 Å². The van der Waals surface area contributed by atoms with E-state index in [0.717, 1.165) is 17.5 Å². The highest BCUT2D eigenvalue weighted by Crippen LogP contribution is 2.43. The first-order valence-electron chi connectivity index (χ1n) is 17.5. The number of carboxylic acid groups (broad SMARTS) is 1. The maximum Gasteiger partial charge on any atom is 0.472 e. The Bertz CT molecular complexity index is 1530. The molecule has 0 aliphatic rings. The second kappa shape index (κ2) is 22.0. The largest absolute Gasteiger partial charge is 0.481 e. The van der Waals surface area contributed by atoms with E-state index in [0.29, 0.717) is 11.5 Å². The van der Waals surface area contributed by atoms with Crippen LogP contribution in [0.3, 0.4) is 0 Å².